The van der Waals surface area contributed by atoms with E-state index in [1.165, 1.54) is 0 Å². The second-order valence-corrected chi connectivity index (χ2v) is 10.2. The minimum atomic E-state index is -1.86. The molecule has 1 aromatic rings. The molecule has 0 saturated carbocycles. The fourth-order valence-corrected chi connectivity index (χ4v) is 3.77. The van der Waals surface area contributed by atoms with Crippen molar-refractivity contribution in [3.63, 3.8) is 0 Å². The summed E-state index contributed by atoms with van der Waals surface area (Å²) in [6, 6.07) is 7.51. The molecule has 174 valence electrons. The average Bonchev–Trinajstić information content (AvgIpc) is 2.76. The zero-order chi connectivity index (χ0) is 23.9. The molecule has 0 radical (unpaired) electrons. The molecule has 0 bridgehead atoms. The molecule has 14 heteroatoms. The highest BCUT2D eigenvalue weighted by molar-refractivity contribution is 9.09. The van der Waals surface area contributed by atoms with Crippen molar-refractivity contribution in [1.82, 2.24) is 10.2 Å². The summed E-state index contributed by atoms with van der Waals surface area (Å²) < 4.78 is 8.07. The number of carbonyl (C=O) groups is 4. The molecule has 2 N–H and O–H groups in total. The van der Waals surface area contributed by atoms with E-state index in [-0.39, 0.29) is 11.9 Å². The fourth-order valence-electron chi connectivity index (χ4n) is 2.56. The number of aliphatic hydroxyl groups is 1. The van der Waals surface area contributed by atoms with E-state index in [9.17, 15) is 24.3 Å². The summed E-state index contributed by atoms with van der Waals surface area (Å²) in [5.74, 6) is -2.27. The third-order valence-electron chi connectivity index (χ3n) is 3.93. The average molecular weight is 591 g/mol. The lowest BCUT2D eigenvalue weighted by atomic mass is 10.1. The first-order valence-electron chi connectivity index (χ1n) is 8.70. The number of hydrogen-bond donors (Lipinski definition) is 2. The van der Waals surface area contributed by atoms with E-state index < -0.39 is 51.2 Å². The number of rotatable bonds is 9. The highest BCUT2D eigenvalue weighted by Crippen LogP contribution is 2.34. The number of likely N-dealkylation sites (tertiary alicyclic amines) is 1. The van der Waals surface area contributed by atoms with E-state index in [1.54, 1.807) is 30.3 Å². The van der Waals surface area contributed by atoms with Crippen LogP contribution in [0.25, 0.3) is 0 Å². The molecule has 1 aromatic carbocycles. The van der Waals surface area contributed by atoms with Gasteiger partial charge in [0.15, 0.2) is 11.3 Å². The fraction of sp³-hybridized carbons (Fsp3) is 0.333. The molecule has 9 nitrogen and oxygen atoms in total. The Morgan fingerprint density at radius 3 is 2.47 bits per heavy atom. The van der Waals surface area contributed by atoms with E-state index in [2.05, 4.69) is 21.2 Å². The maximum atomic E-state index is 12.7. The summed E-state index contributed by atoms with van der Waals surface area (Å²) in [7, 11) is 0. The SMILES string of the molecule is O=CSC1C(NC(=O)OCC(Cl)(Cl)Cl)C(=O)N1/C(C(=O)OCc1ccccc1)=C(/O)CBr. The summed E-state index contributed by atoms with van der Waals surface area (Å²) in [4.78, 5) is 49.3. The van der Waals surface area contributed by atoms with Gasteiger partial charge >= 0.3 is 12.1 Å². The number of benzene rings is 1. The van der Waals surface area contributed by atoms with Gasteiger partial charge in [0.05, 0.1) is 5.33 Å². The van der Waals surface area contributed by atoms with Crippen LogP contribution in [0.2, 0.25) is 0 Å². The molecule has 1 fully saturated rings. The van der Waals surface area contributed by atoms with Crippen LogP contribution in [0.3, 0.4) is 0 Å². The number of nitrogens with one attached hydrogen (secondary N) is 1. The van der Waals surface area contributed by atoms with Gasteiger partial charge in [-0.2, -0.15) is 0 Å². The van der Waals surface area contributed by atoms with Gasteiger partial charge < -0.3 is 19.9 Å². The normalized spacial score (nSPS) is 18.9. The third kappa shape index (κ3) is 7.17. The van der Waals surface area contributed by atoms with E-state index in [1.807, 2.05) is 0 Å². The quantitative estimate of drug-likeness (QED) is 0.112. The number of allylic oxidation sites excluding steroid dienone is 1. The van der Waals surface area contributed by atoms with Gasteiger partial charge in [0.25, 0.3) is 5.91 Å². The summed E-state index contributed by atoms with van der Waals surface area (Å²) in [5.41, 5.74) is 0.641. The van der Waals surface area contributed by atoms with Gasteiger partial charge in [-0.1, -0.05) is 92.8 Å². The van der Waals surface area contributed by atoms with Crippen molar-refractivity contribution >= 4 is 86.1 Å². The van der Waals surface area contributed by atoms with Crippen LogP contribution in [-0.4, -0.2) is 60.7 Å². The number of amides is 2. The maximum absolute atomic E-state index is 12.7. The summed E-state index contributed by atoms with van der Waals surface area (Å²) in [6.07, 6.45) is -1.08. The topological polar surface area (TPSA) is 122 Å². The number of β-lactam (4-membered cyclic amide) rings is 1. The first-order chi connectivity index (χ1) is 15.1. The van der Waals surface area contributed by atoms with Crippen LogP contribution in [0, 0.1) is 0 Å². The lowest BCUT2D eigenvalue weighted by Gasteiger charge is -2.45. The lowest BCUT2D eigenvalue weighted by Crippen LogP contribution is -2.69. The predicted octanol–water partition coefficient (Wildman–Crippen LogP) is 3.45. The molecule has 0 spiro atoms. The van der Waals surface area contributed by atoms with Gasteiger partial charge in [0.2, 0.25) is 3.79 Å². The third-order valence-corrected chi connectivity index (χ3v) is 5.66. The van der Waals surface area contributed by atoms with Gasteiger partial charge in [-0.05, 0) is 5.56 Å². The Balaban J connectivity index is 2.15. The minimum Gasteiger partial charge on any atom is -0.509 e. The molecular weight excluding hydrogens is 575 g/mol. The molecule has 1 saturated heterocycles. The Labute approximate surface area is 210 Å². The molecule has 2 atom stereocenters. The first-order valence-corrected chi connectivity index (χ1v) is 11.9. The number of ether oxygens (including phenoxy) is 2. The van der Waals surface area contributed by atoms with Gasteiger partial charge in [-0.15, -0.1) is 0 Å². The van der Waals surface area contributed by atoms with Crippen molar-refractivity contribution in [2.75, 3.05) is 11.9 Å². The molecule has 1 heterocycles. The highest BCUT2D eigenvalue weighted by Gasteiger charge is 2.53. The van der Waals surface area contributed by atoms with Gasteiger partial charge in [0.1, 0.15) is 30.4 Å². The minimum absolute atomic E-state index is 0.114. The second-order valence-electron chi connectivity index (χ2n) is 6.14. The van der Waals surface area contributed by atoms with Gasteiger partial charge in [-0.25, -0.2) is 9.59 Å². The smallest absolute Gasteiger partial charge is 0.408 e. The largest absolute Gasteiger partial charge is 0.509 e. The van der Waals surface area contributed by atoms with E-state index >= 15 is 0 Å². The molecule has 32 heavy (non-hydrogen) atoms. The van der Waals surface area contributed by atoms with E-state index in [0.29, 0.717) is 22.9 Å². The Morgan fingerprint density at radius 1 is 1.25 bits per heavy atom. The van der Waals surface area contributed by atoms with E-state index in [4.69, 9.17) is 44.3 Å². The molecule has 0 aromatic heterocycles. The second kappa shape index (κ2) is 12.0. The molecular formula is C18H16BrCl3N2O7S. The number of carbonyl (C=O) groups excluding carboxylic acids is 4. The molecule has 2 unspecified atom stereocenters. The number of hydrogen-bond acceptors (Lipinski definition) is 8. The molecule has 2 rings (SSSR count). The zero-order valence-corrected chi connectivity index (χ0v) is 20.7. The Bertz CT molecular complexity index is 898. The molecule has 2 amide bonds. The van der Waals surface area contributed by atoms with Crippen LogP contribution in [-0.2, 0) is 30.5 Å². The molecule has 0 aliphatic carbocycles. The number of alkyl halides is 4. The number of nitrogens with zero attached hydrogens (tertiary/aromatic N) is 1. The first kappa shape index (κ1) is 26.6. The standard InChI is InChI=1S/C18H16BrCl3N2O7S/c19-6-11(26)13(16(28)30-7-10-4-2-1-3-5-10)24-14(27)12(15(24)32-9-25)23-17(29)31-8-18(20,21)22/h1-5,9,12,15,26H,6-8H2,(H,23,29)/b13-11+. The van der Waals surface area contributed by atoms with Crippen LogP contribution in [0.4, 0.5) is 4.79 Å². The number of alkyl carbamates (subject to hydrolysis) is 1. The monoisotopic (exact) mass is 588 g/mol. The van der Waals surface area contributed by atoms with E-state index in [0.717, 1.165) is 4.90 Å². The number of esters is 1. The van der Waals surface area contributed by atoms with Crippen molar-refractivity contribution in [1.29, 1.82) is 0 Å². The lowest BCUT2D eigenvalue weighted by molar-refractivity contribution is -0.152. The molecule has 1 aliphatic heterocycles. The van der Waals surface area contributed by atoms with Crippen LogP contribution in [0.1, 0.15) is 5.56 Å². The van der Waals surface area contributed by atoms with Crippen molar-refractivity contribution < 1.29 is 33.8 Å². The summed E-state index contributed by atoms with van der Waals surface area (Å²) in [6.45, 7) is -0.696. The number of halogens is 4. The van der Waals surface area contributed by atoms with Crippen molar-refractivity contribution in [3.8, 4) is 0 Å². The number of thioether (sulfide) groups is 1. The van der Waals surface area contributed by atoms with Crippen LogP contribution in [0.15, 0.2) is 41.8 Å². The van der Waals surface area contributed by atoms with Crippen molar-refractivity contribution in [2.24, 2.45) is 0 Å². The highest BCUT2D eigenvalue weighted by atomic mass is 79.9. The number of aliphatic hydroxyl groups excluding tert-OH is 1. The molecule has 1 aliphatic rings. The Hall–Kier alpha value is -1.66. The van der Waals surface area contributed by atoms with Gasteiger partial charge in [0, 0.05) is 0 Å². The summed E-state index contributed by atoms with van der Waals surface area (Å²) >= 11 is 20.1. The Morgan fingerprint density at radius 2 is 1.91 bits per heavy atom. The Kier molecular flexibility index (Phi) is 9.96. The zero-order valence-electron chi connectivity index (χ0n) is 16.0. The predicted molar refractivity (Wildman–Crippen MR) is 123 cm³/mol. The van der Waals surface area contributed by atoms with Crippen molar-refractivity contribution in [3.05, 3.63) is 47.4 Å². The van der Waals surface area contributed by atoms with Gasteiger partial charge in [-0.3, -0.25) is 14.5 Å². The van der Waals surface area contributed by atoms with Crippen LogP contribution < -0.4 is 5.32 Å². The van der Waals surface area contributed by atoms with Crippen LogP contribution in [0.5, 0.6) is 0 Å². The van der Waals surface area contributed by atoms with Crippen molar-refractivity contribution in [2.45, 2.75) is 21.8 Å². The summed E-state index contributed by atoms with van der Waals surface area (Å²) in [5, 5.41) is 11.3. The maximum Gasteiger partial charge on any atom is 0.408 e. The van der Waals surface area contributed by atoms with Crippen LogP contribution >= 0.6 is 62.5 Å².